The first kappa shape index (κ1) is 14.9. The number of hydrogen-bond donors (Lipinski definition) is 1. The average Bonchev–Trinajstić information content (AvgIpc) is 2.97. The van der Waals surface area contributed by atoms with Crippen LogP contribution in [0.4, 0.5) is 5.69 Å². The Bertz CT molecular complexity index is 811. The number of ether oxygens (including phenoxy) is 1. The van der Waals surface area contributed by atoms with Crippen LogP contribution < -0.4 is 9.04 Å². The lowest BCUT2D eigenvalue weighted by molar-refractivity contribution is 0.411. The molecule has 1 aromatic carbocycles. The molecule has 0 aliphatic carbocycles. The third-order valence-corrected chi connectivity index (χ3v) is 5.97. The molecule has 7 heteroatoms. The van der Waals surface area contributed by atoms with Crippen molar-refractivity contribution < 1.29 is 13.2 Å². The summed E-state index contributed by atoms with van der Waals surface area (Å²) in [6.45, 7) is 4.10. The molecule has 0 bridgehead atoms. The van der Waals surface area contributed by atoms with Gasteiger partial charge in [0.05, 0.1) is 29.6 Å². The first-order valence-corrected chi connectivity index (χ1v) is 8.59. The minimum absolute atomic E-state index is 0.319. The summed E-state index contributed by atoms with van der Waals surface area (Å²) < 4.78 is 32.8. The van der Waals surface area contributed by atoms with Gasteiger partial charge in [-0.25, -0.2) is 8.42 Å². The molecule has 0 amide bonds. The van der Waals surface area contributed by atoms with Gasteiger partial charge in [-0.05, 0) is 49.9 Å². The molecule has 1 N–H and O–H groups in total. The van der Waals surface area contributed by atoms with E-state index in [1.807, 2.05) is 6.92 Å². The fraction of sp³-hybridized carbons (Fsp3) is 0.400. The van der Waals surface area contributed by atoms with E-state index in [9.17, 15) is 8.42 Å². The number of nitrogens with one attached hydrogen (secondary N) is 1. The van der Waals surface area contributed by atoms with Crippen LogP contribution in [-0.2, 0) is 16.4 Å². The van der Waals surface area contributed by atoms with E-state index in [1.165, 1.54) is 4.31 Å². The maximum absolute atomic E-state index is 13.1. The number of hydrogen-bond acceptors (Lipinski definition) is 4. The first-order valence-electron chi connectivity index (χ1n) is 7.15. The van der Waals surface area contributed by atoms with Gasteiger partial charge in [0.25, 0.3) is 10.0 Å². The van der Waals surface area contributed by atoms with E-state index < -0.39 is 10.0 Å². The molecule has 0 saturated carbocycles. The first-order chi connectivity index (χ1) is 10.4. The van der Waals surface area contributed by atoms with Crippen molar-refractivity contribution in [2.75, 3.05) is 18.0 Å². The van der Waals surface area contributed by atoms with E-state index in [4.69, 9.17) is 4.74 Å². The number of aryl methyl sites for hydroxylation is 3. The largest absolute Gasteiger partial charge is 0.496 e. The van der Waals surface area contributed by atoms with Crippen molar-refractivity contribution in [3.8, 4) is 5.75 Å². The zero-order valence-electron chi connectivity index (χ0n) is 12.9. The second-order valence-electron chi connectivity index (χ2n) is 5.50. The minimum atomic E-state index is -3.61. The van der Waals surface area contributed by atoms with Crippen LogP contribution in [0, 0.1) is 13.8 Å². The van der Waals surface area contributed by atoms with Crippen LogP contribution in [0.15, 0.2) is 23.2 Å². The molecule has 1 aromatic heterocycles. The van der Waals surface area contributed by atoms with Crippen LogP contribution in [0.1, 0.15) is 23.2 Å². The molecular weight excluding hydrogens is 302 g/mol. The Kier molecular flexibility index (Phi) is 3.60. The predicted molar refractivity (Wildman–Crippen MR) is 83.9 cm³/mol. The Hall–Kier alpha value is -2.02. The van der Waals surface area contributed by atoms with Crippen molar-refractivity contribution in [3.05, 3.63) is 35.2 Å². The monoisotopic (exact) mass is 321 g/mol. The number of nitrogens with zero attached hydrogens (tertiary/aromatic N) is 2. The second kappa shape index (κ2) is 5.31. The summed E-state index contributed by atoms with van der Waals surface area (Å²) in [5, 5.41) is 6.86. The molecule has 1 aliphatic rings. The number of aromatic nitrogens is 2. The Morgan fingerprint density at radius 2 is 2.05 bits per heavy atom. The smallest absolute Gasteiger partial charge is 0.264 e. The average molecular weight is 321 g/mol. The molecule has 6 nitrogen and oxygen atoms in total. The number of sulfonamides is 1. The molecule has 0 fully saturated rings. The van der Waals surface area contributed by atoms with Gasteiger partial charge in [0.2, 0.25) is 0 Å². The number of aromatic amines is 1. The van der Waals surface area contributed by atoms with Crippen LogP contribution in [0.3, 0.4) is 0 Å². The third-order valence-electron chi connectivity index (χ3n) is 4.01. The molecule has 0 spiro atoms. The number of methoxy groups -OCH3 is 1. The third kappa shape index (κ3) is 2.25. The lowest BCUT2D eigenvalue weighted by Crippen LogP contribution is -2.35. The van der Waals surface area contributed by atoms with Gasteiger partial charge in [-0.1, -0.05) is 0 Å². The summed E-state index contributed by atoms with van der Waals surface area (Å²) in [5.41, 5.74) is 3.01. The molecule has 118 valence electrons. The van der Waals surface area contributed by atoms with Gasteiger partial charge in [-0.2, -0.15) is 5.10 Å². The van der Waals surface area contributed by atoms with Crippen LogP contribution in [0.25, 0.3) is 0 Å². The van der Waals surface area contributed by atoms with Gasteiger partial charge >= 0.3 is 0 Å². The van der Waals surface area contributed by atoms with Crippen molar-refractivity contribution >= 4 is 15.7 Å². The maximum Gasteiger partial charge on any atom is 0.264 e. The number of anilines is 1. The van der Waals surface area contributed by atoms with E-state index in [-0.39, 0.29) is 0 Å². The number of benzene rings is 1. The summed E-state index contributed by atoms with van der Waals surface area (Å²) >= 11 is 0. The van der Waals surface area contributed by atoms with Gasteiger partial charge in [-0.3, -0.25) is 9.40 Å². The fourth-order valence-electron chi connectivity index (χ4n) is 2.85. The van der Waals surface area contributed by atoms with E-state index in [0.717, 1.165) is 24.1 Å². The highest BCUT2D eigenvalue weighted by molar-refractivity contribution is 7.92. The standard InChI is InChI=1S/C15H19N3O3S/c1-10-8-15(11(2)7-14(10)21-3)22(19,20)18-6-4-5-12-13(18)9-16-17-12/h7-9H,4-6H2,1-3H3,(H,16,17). The molecule has 2 heterocycles. The van der Waals surface area contributed by atoms with Crippen molar-refractivity contribution in [1.82, 2.24) is 10.2 Å². The molecule has 22 heavy (non-hydrogen) atoms. The lowest BCUT2D eigenvalue weighted by Gasteiger charge is -2.28. The van der Waals surface area contributed by atoms with Gasteiger partial charge in [0, 0.05) is 6.54 Å². The molecule has 3 rings (SSSR count). The quantitative estimate of drug-likeness (QED) is 0.940. The van der Waals surface area contributed by atoms with Gasteiger partial charge in [-0.15, -0.1) is 0 Å². The molecular formula is C15H19N3O3S. The summed E-state index contributed by atoms with van der Waals surface area (Å²) in [6, 6.07) is 3.44. The number of H-pyrrole nitrogens is 1. The number of fused-ring (bicyclic) bond motifs is 1. The molecule has 0 atom stereocenters. The normalized spacial score (nSPS) is 14.8. The summed E-state index contributed by atoms with van der Waals surface area (Å²) in [6.07, 6.45) is 3.18. The van der Waals surface area contributed by atoms with E-state index in [0.29, 0.717) is 28.4 Å². The Labute approximate surface area is 130 Å². The van der Waals surface area contributed by atoms with Crippen molar-refractivity contribution in [1.29, 1.82) is 0 Å². The van der Waals surface area contributed by atoms with Gasteiger partial charge in [0.15, 0.2) is 0 Å². The summed E-state index contributed by atoms with van der Waals surface area (Å²) in [7, 11) is -2.02. The highest BCUT2D eigenvalue weighted by Gasteiger charge is 2.31. The topological polar surface area (TPSA) is 75.3 Å². The van der Waals surface area contributed by atoms with Crippen LogP contribution in [0.5, 0.6) is 5.75 Å². The molecule has 2 aromatic rings. The Morgan fingerprint density at radius 3 is 2.77 bits per heavy atom. The number of rotatable bonds is 3. The fourth-order valence-corrected chi connectivity index (χ4v) is 4.67. The highest BCUT2D eigenvalue weighted by Crippen LogP contribution is 2.33. The Balaban J connectivity index is 2.11. The van der Waals surface area contributed by atoms with E-state index in [2.05, 4.69) is 10.2 Å². The SMILES string of the molecule is COc1cc(C)c(S(=O)(=O)N2CCCc3[nH]ncc32)cc1C. The van der Waals surface area contributed by atoms with Crippen LogP contribution >= 0.6 is 0 Å². The van der Waals surface area contributed by atoms with E-state index in [1.54, 1.807) is 32.4 Å². The second-order valence-corrected chi connectivity index (χ2v) is 7.33. The molecule has 0 radical (unpaired) electrons. The predicted octanol–water partition coefficient (Wildman–Crippen LogP) is 2.18. The van der Waals surface area contributed by atoms with E-state index >= 15 is 0 Å². The lowest BCUT2D eigenvalue weighted by atomic mass is 10.1. The minimum Gasteiger partial charge on any atom is -0.496 e. The molecule has 1 aliphatic heterocycles. The van der Waals surface area contributed by atoms with Crippen LogP contribution in [-0.4, -0.2) is 32.3 Å². The van der Waals surface area contributed by atoms with Gasteiger partial charge in [0.1, 0.15) is 5.75 Å². The van der Waals surface area contributed by atoms with Crippen molar-refractivity contribution in [2.24, 2.45) is 0 Å². The molecule has 0 saturated heterocycles. The maximum atomic E-state index is 13.1. The van der Waals surface area contributed by atoms with Crippen LogP contribution in [0.2, 0.25) is 0 Å². The zero-order chi connectivity index (χ0) is 15.9. The van der Waals surface area contributed by atoms with Crippen molar-refractivity contribution in [2.45, 2.75) is 31.6 Å². The highest BCUT2D eigenvalue weighted by atomic mass is 32.2. The summed E-state index contributed by atoms with van der Waals surface area (Å²) in [4.78, 5) is 0.319. The Morgan fingerprint density at radius 1 is 1.27 bits per heavy atom. The van der Waals surface area contributed by atoms with Gasteiger partial charge < -0.3 is 4.74 Å². The van der Waals surface area contributed by atoms with Crippen molar-refractivity contribution in [3.63, 3.8) is 0 Å². The zero-order valence-corrected chi connectivity index (χ0v) is 13.7. The summed E-state index contributed by atoms with van der Waals surface area (Å²) in [5.74, 6) is 0.694. The molecule has 0 unspecified atom stereocenters.